The molecule has 0 radical (unpaired) electrons. The molecule has 1 aliphatic rings. The topological polar surface area (TPSA) is 103 Å². The Hall–Kier alpha value is -2.52. The molecule has 0 bridgehead atoms. The minimum atomic E-state index is -0.127. The van der Waals surface area contributed by atoms with Gasteiger partial charge < -0.3 is 20.2 Å². The van der Waals surface area contributed by atoms with Gasteiger partial charge in [-0.05, 0) is 23.6 Å². The molecule has 3 N–H and O–H groups in total. The second kappa shape index (κ2) is 6.77. The van der Waals surface area contributed by atoms with Gasteiger partial charge in [0.25, 0.3) is 5.56 Å². The molecular weight excluding hydrogens is 360 g/mol. The fourth-order valence-electron chi connectivity index (χ4n) is 2.39. The number of amidine groups is 1. The van der Waals surface area contributed by atoms with Crippen LogP contribution in [-0.2, 0) is 5.75 Å². The van der Waals surface area contributed by atoms with Crippen molar-refractivity contribution in [3.63, 3.8) is 0 Å². The fourth-order valence-corrected chi connectivity index (χ4v) is 3.71. The zero-order chi connectivity index (χ0) is 17.2. The molecule has 128 valence electrons. The largest absolute Gasteiger partial charge is 0.486 e. The summed E-state index contributed by atoms with van der Waals surface area (Å²) in [6.07, 6.45) is 0. The molecule has 0 fully saturated rings. The van der Waals surface area contributed by atoms with Crippen molar-refractivity contribution in [2.45, 2.75) is 5.75 Å². The second-order valence-electron chi connectivity index (χ2n) is 5.21. The quantitative estimate of drug-likeness (QED) is 0.540. The number of nitrogens with zero attached hydrogens (tertiary/aromatic N) is 2. The maximum atomic E-state index is 12.0. The average Bonchev–Trinajstić information content (AvgIpc) is 3.09. The Kier molecular flexibility index (Phi) is 4.33. The first kappa shape index (κ1) is 16.0. The van der Waals surface area contributed by atoms with Crippen LogP contribution < -0.4 is 20.8 Å². The van der Waals surface area contributed by atoms with Gasteiger partial charge in [-0.15, -0.1) is 11.3 Å². The Morgan fingerprint density at radius 2 is 2.16 bits per heavy atom. The third-order valence-corrected chi connectivity index (χ3v) is 5.19. The molecule has 0 atom stereocenters. The number of thioether (sulfide) groups is 1. The van der Waals surface area contributed by atoms with Gasteiger partial charge in [0.1, 0.15) is 23.7 Å². The van der Waals surface area contributed by atoms with E-state index in [1.54, 1.807) is 6.07 Å². The molecule has 2 aromatic heterocycles. The van der Waals surface area contributed by atoms with Crippen molar-refractivity contribution in [2.24, 2.45) is 10.7 Å². The standard InChI is InChI=1S/C16H14N4O3S2/c17-16(18-9-1-2-11-12(7-9)23-5-4-22-11)25-8-13-19-10-3-6-24-14(10)15(21)20-13/h1-3,6-7H,4-5,8H2,(H2,17,18)(H,19,20,21). The van der Waals surface area contributed by atoms with Gasteiger partial charge in [-0.1, -0.05) is 11.8 Å². The SMILES string of the molecule is NC(=Nc1ccc2c(c1)OCCO2)SCc1nc2ccsc2c(=O)[nH]1. The third kappa shape index (κ3) is 3.47. The lowest BCUT2D eigenvalue weighted by Gasteiger charge is -2.18. The van der Waals surface area contributed by atoms with E-state index in [1.807, 2.05) is 23.6 Å². The number of hydrogen-bond donors (Lipinski definition) is 2. The summed E-state index contributed by atoms with van der Waals surface area (Å²) in [7, 11) is 0. The van der Waals surface area contributed by atoms with E-state index >= 15 is 0 Å². The summed E-state index contributed by atoms with van der Waals surface area (Å²) in [4.78, 5) is 23.5. The lowest BCUT2D eigenvalue weighted by Crippen LogP contribution is -2.15. The zero-order valence-corrected chi connectivity index (χ0v) is 14.7. The van der Waals surface area contributed by atoms with Crippen molar-refractivity contribution < 1.29 is 9.47 Å². The number of aromatic amines is 1. The van der Waals surface area contributed by atoms with Crippen LogP contribution in [0.25, 0.3) is 10.2 Å². The molecule has 0 amide bonds. The Morgan fingerprint density at radius 3 is 3.04 bits per heavy atom. The molecule has 0 spiro atoms. The second-order valence-corrected chi connectivity index (χ2v) is 7.13. The third-order valence-electron chi connectivity index (χ3n) is 3.49. The highest BCUT2D eigenvalue weighted by Gasteiger charge is 2.12. The van der Waals surface area contributed by atoms with E-state index in [2.05, 4.69) is 15.0 Å². The van der Waals surface area contributed by atoms with E-state index in [9.17, 15) is 4.79 Å². The van der Waals surface area contributed by atoms with E-state index < -0.39 is 0 Å². The number of aliphatic imine (C=N–C) groups is 1. The number of benzene rings is 1. The predicted molar refractivity (Wildman–Crippen MR) is 100 cm³/mol. The van der Waals surface area contributed by atoms with Gasteiger partial charge >= 0.3 is 0 Å². The summed E-state index contributed by atoms with van der Waals surface area (Å²) in [5, 5.41) is 2.23. The number of hydrogen-bond acceptors (Lipinski definition) is 7. The number of nitrogens with one attached hydrogen (secondary N) is 1. The summed E-state index contributed by atoms with van der Waals surface area (Å²) >= 11 is 2.68. The number of fused-ring (bicyclic) bond motifs is 2. The van der Waals surface area contributed by atoms with Crippen LogP contribution >= 0.6 is 23.1 Å². The Morgan fingerprint density at radius 1 is 1.32 bits per heavy atom. The van der Waals surface area contributed by atoms with E-state index in [4.69, 9.17) is 15.2 Å². The van der Waals surface area contributed by atoms with Crippen molar-refractivity contribution in [3.05, 3.63) is 45.8 Å². The monoisotopic (exact) mass is 374 g/mol. The van der Waals surface area contributed by atoms with Crippen LogP contribution in [0.2, 0.25) is 0 Å². The highest BCUT2D eigenvalue weighted by molar-refractivity contribution is 8.13. The molecule has 1 aromatic carbocycles. The molecule has 0 unspecified atom stereocenters. The summed E-state index contributed by atoms with van der Waals surface area (Å²) in [5.74, 6) is 2.38. The first-order valence-corrected chi connectivity index (χ1v) is 9.38. The van der Waals surface area contributed by atoms with Gasteiger partial charge in [0.05, 0.1) is 17.0 Å². The summed E-state index contributed by atoms with van der Waals surface area (Å²) in [6.45, 7) is 1.07. The zero-order valence-electron chi connectivity index (χ0n) is 13.0. The maximum Gasteiger partial charge on any atom is 0.268 e. The predicted octanol–water partition coefficient (Wildman–Crippen LogP) is 2.64. The molecule has 9 heteroatoms. The van der Waals surface area contributed by atoms with Crippen LogP contribution in [0.3, 0.4) is 0 Å². The van der Waals surface area contributed by atoms with Gasteiger partial charge in [0.15, 0.2) is 16.7 Å². The molecule has 1 aliphatic heterocycles. The van der Waals surface area contributed by atoms with Crippen LogP contribution in [0.4, 0.5) is 5.69 Å². The lowest BCUT2D eigenvalue weighted by molar-refractivity contribution is 0.171. The number of ether oxygens (including phenoxy) is 2. The first-order chi connectivity index (χ1) is 12.2. The lowest BCUT2D eigenvalue weighted by atomic mass is 10.2. The van der Waals surface area contributed by atoms with E-state index in [0.717, 1.165) is 0 Å². The molecule has 0 saturated carbocycles. The molecule has 7 nitrogen and oxygen atoms in total. The van der Waals surface area contributed by atoms with Crippen molar-refractivity contribution in [1.82, 2.24) is 9.97 Å². The van der Waals surface area contributed by atoms with Crippen LogP contribution in [0.5, 0.6) is 11.5 Å². The highest BCUT2D eigenvalue weighted by atomic mass is 32.2. The van der Waals surface area contributed by atoms with E-state index in [1.165, 1.54) is 23.1 Å². The van der Waals surface area contributed by atoms with E-state index in [-0.39, 0.29) is 5.56 Å². The maximum absolute atomic E-state index is 12.0. The molecule has 3 aromatic rings. The van der Waals surface area contributed by atoms with Crippen molar-refractivity contribution in [3.8, 4) is 11.5 Å². The van der Waals surface area contributed by atoms with E-state index in [0.29, 0.717) is 57.4 Å². The molecule has 0 saturated heterocycles. The van der Waals surface area contributed by atoms with Crippen molar-refractivity contribution in [1.29, 1.82) is 0 Å². The molecular formula is C16H14N4O3S2. The molecule has 3 heterocycles. The normalized spacial score (nSPS) is 14.0. The van der Waals surface area contributed by atoms with Crippen LogP contribution in [0.1, 0.15) is 5.82 Å². The number of aromatic nitrogens is 2. The fraction of sp³-hybridized carbons (Fsp3) is 0.188. The number of thiophene rings is 1. The minimum absolute atomic E-state index is 0.127. The van der Waals surface area contributed by atoms with Gasteiger partial charge in [-0.2, -0.15) is 0 Å². The Balaban J connectivity index is 1.48. The smallest absolute Gasteiger partial charge is 0.268 e. The summed E-state index contributed by atoms with van der Waals surface area (Å²) < 4.78 is 11.6. The summed E-state index contributed by atoms with van der Waals surface area (Å²) in [6, 6.07) is 7.25. The molecule has 25 heavy (non-hydrogen) atoms. The molecule has 0 aliphatic carbocycles. The van der Waals surface area contributed by atoms with Gasteiger partial charge in [0.2, 0.25) is 0 Å². The average molecular weight is 374 g/mol. The Bertz CT molecular complexity index is 1010. The van der Waals surface area contributed by atoms with Crippen molar-refractivity contribution >= 4 is 44.2 Å². The Labute approximate surface area is 150 Å². The highest BCUT2D eigenvalue weighted by Crippen LogP contribution is 2.33. The van der Waals surface area contributed by atoms with Gasteiger partial charge in [-0.25, -0.2) is 9.98 Å². The number of rotatable bonds is 3. The molecule has 4 rings (SSSR count). The minimum Gasteiger partial charge on any atom is -0.486 e. The van der Waals surface area contributed by atoms with Crippen LogP contribution in [-0.4, -0.2) is 28.3 Å². The number of H-pyrrole nitrogens is 1. The van der Waals surface area contributed by atoms with Gasteiger partial charge in [-0.3, -0.25) is 4.79 Å². The van der Waals surface area contributed by atoms with Crippen LogP contribution in [0.15, 0.2) is 39.4 Å². The summed E-state index contributed by atoms with van der Waals surface area (Å²) in [5.41, 5.74) is 7.24. The van der Waals surface area contributed by atoms with Gasteiger partial charge in [0, 0.05) is 6.07 Å². The first-order valence-electron chi connectivity index (χ1n) is 7.52. The number of nitrogens with two attached hydrogens (primary N) is 1. The van der Waals surface area contributed by atoms with Crippen molar-refractivity contribution in [2.75, 3.05) is 13.2 Å². The van der Waals surface area contributed by atoms with Crippen LogP contribution in [0, 0.1) is 0 Å².